The fourth-order valence-corrected chi connectivity index (χ4v) is 3.41. The molecule has 0 spiro atoms. The number of thiophene rings is 1. The zero-order valence-corrected chi connectivity index (χ0v) is 11.7. The molecule has 0 amide bonds. The third-order valence-electron chi connectivity index (χ3n) is 2.93. The van der Waals surface area contributed by atoms with Crippen LogP contribution in [0.15, 0.2) is 45.9 Å². The van der Waals surface area contributed by atoms with E-state index in [4.69, 9.17) is 23.2 Å². The number of halogens is 2. The second kappa shape index (κ2) is 5.00. The molecule has 0 saturated carbocycles. The summed E-state index contributed by atoms with van der Waals surface area (Å²) in [5, 5.41) is 12.0. The summed E-state index contributed by atoms with van der Waals surface area (Å²) in [5.74, 6) is 0. The van der Waals surface area contributed by atoms with Gasteiger partial charge in [-0.3, -0.25) is 0 Å². The molecule has 92 valence electrons. The first-order chi connectivity index (χ1) is 8.72. The van der Waals surface area contributed by atoms with Gasteiger partial charge in [-0.2, -0.15) is 10.2 Å². The van der Waals surface area contributed by atoms with E-state index in [1.807, 2.05) is 18.2 Å². The monoisotopic (exact) mass is 296 g/mol. The van der Waals surface area contributed by atoms with Crippen LogP contribution in [0.25, 0.3) is 0 Å². The Hall–Kier alpha value is -0.900. The standard InChI is InChI=1S/C13H10Cl2N2S/c14-9-4-8(5-10(15)6-9)11-7-12(17-16-11)13-2-1-3-18-13/h1-6,11-12H,7H2. The van der Waals surface area contributed by atoms with Crippen molar-refractivity contribution in [3.05, 3.63) is 56.2 Å². The Morgan fingerprint density at radius 3 is 2.44 bits per heavy atom. The Balaban J connectivity index is 1.82. The molecule has 1 aromatic carbocycles. The van der Waals surface area contributed by atoms with E-state index in [-0.39, 0.29) is 12.1 Å². The van der Waals surface area contributed by atoms with E-state index >= 15 is 0 Å². The average molecular weight is 297 g/mol. The summed E-state index contributed by atoms with van der Waals surface area (Å²) in [4.78, 5) is 1.26. The second-order valence-corrected chi connectivity index (χ2v) is 6.07. The highest BCUT2D eigenvalue weighted by Gasteiger charge is 2.25. The molecule has 1 aromatic heterocycles. The van der Waals surface area contributed by atoms with Gasteiger partial charge in [-0.25, -0.2) is 0 Å². The predicted molar refractivity (Wildman–Crippen MR) is 75.7 cm³/mol. The summed E-state index contributed by atoms with van der Waals surface area (Å²) in [5.41, 5.74) is 1.04. The van der Waals surface area contributed by atoms with Gasteiger partial charge in [0.05, 0.1) is 6.04 Å². The van der Waals surface area contributed by atoms with Crippen molar-refractivity contribution in [3.8, 4) is 0 Å². The lowest BCUT2D eigenvalue weighted by Crippen LogP contribution is -1.95. The molecule has 0 aliphatic carbocycles. The molecule has 0 fully saturated rings. The summed E-state index contributed by atoms with van der Waals surface area (Å²) in [7, 11) is 0. The molecule has 0 N–H and O–H groups in total. The smallest absolute Gasteiger partial charge is 0.107 e. The fourth-order valence-electron chi connectivity index (χ4n) is 2.09. The van der Waals surface area contributed by atoms with Crippen LogP contribution in [0.4, 0.5) is 0 Å². The Kier molecular flexibility index (Phi) is 3.37. The number of rotatable bonds is 2. The zero-order valence-electron chi connectivity index (χ0n) is 9.38. The first-order valence-electron chi connectivity index (χ1n) is 5.62. The van der Waals surface area contributed by atoms with E-state index in [9.17, 15) is 0 Å². The maximum Gasteiger partial charge on any atom is 0.107 e. The lowest BCUT2D eigenvalue weighted by atomic mass is 10.0. The molecular weight excluding hydrogens is 287 g/mol. The minimum atomic E-state index is 0.0632. The van der Waals surface area contributed by atoms with Crippen molar-refractivity contribution in [3.63, 3.8) is 0 Å². The lowest BCUT2D eigenvalue weighted by Gasteiger charge is -2.08. The number of benzene rings is 1. The Bertz CT molecular complexity index is 560. The zero-order chi connectivity index (χ0) is 12.5. The molecule has 1 aliphatic rings. The first kappa shape index (κ1) is 12.2. The molecule has 2 atom stereocenters. The summed E-state index contributed by atoms with van der Waals surface area (Å²) < 4.78 is 0. The van der Waals surface area contributed by atoms with Crippen LogP contribution >= 0.6 is 34.5 Å². The molecule has 2 nitrogen and oxygen atoms in total. The van der Waals surface area contributed by atoms with E-state index in [0.717, 1.165) is 12.0 Å². The van der Waals surface area contributed by atoms with Crippen LogP contribution in [0.1, 0.15) is 28.9 Å². The number of hydrogen-bond acceptors (Lipinski definition) is 3. The number of nitrogens with zero attached hydrogens (tertiary/aromatic N) is 2. The van der Waals surface area contributed by atoms with E-state index in [0.29, 0.717) is 10.0 Å². The Morgan fingerprint density at radius 1 is 1.06 bits per heavy atom. The van der Waals surface area contributed by atoms with Crippen LogP contribution < -0.4 is 0 Å². The lowest BCUT2D eigenvalue weighted by molar-refractivity contribution is 0.667. The highest BCUT2D eigenvalue weighted by atomic mass is 35.5. The molecule has 2 heterocycles. The summed E-state index contributed by atoms with van der Waals surface area (Å²) in [6.07, 6.45) is 0.886. The van der Waals surface area contributed by atoms with Crippen LogP contribution in [0, 0.1) is 0 Å². The predicted octanol–water partition coefficient (Wildman–Crippen LogP) is 5.69. The average Bonchev–Trinajstić information content (AvgIpc) is 2.99. The van der Waals surface area contributed by atoms with E-state index in [1.165, 1.54) is 4.88 Å². The summed E-state index contributed by atoms with van der Waals surface area (Å²) in [6.45, 7) is 0. The van der Waals surface area contributed by atoms with Crippen LogP contribution in [0.5, 0.6) is 0 Å². The van der Waals surface area contributed by atoms with Crippen molar-refractivity contribution in [2.45, 2.75) is 18.5 Å². The largest absolute Gasteiger partial charge is 0.185 e. The van der Waals surface area contributed by atoms with Gasteiger partial charge in [0.2, 0.25) is 0 Å². The third-order valence-corrected chi connectivity index (χ3v) is 4.34. The second-order valence-electron chi connectivity index (χ2n) is 4.22. The van der Waals surface area contributed by atoms with Gasteiger partial charge >= 0.3 is 0 Å². The SMILES string of the molecule is Clc1cc(Cl)cc(C2CC(c3cccs3)N=N2)c1. The van der Waals surface area contributed by atoms with Crippen LogP contribution in [-0.2, 0) is 0 Å². The highest BCUT2D eigenvalue weighted by molar-refractivity contribution is 7.10. The Labute approximate surface area is 119 Å². The van der Waals surface area contributed by atoms with Crippen molar-refractivity contribution < 1.29 is 0 Å². The van der Waals surface area contributed by atoms with E-state index in [1.54, 1.807) is 17.4 Å². The number of azo groups is 1. The van der Waals surface area contributed by atoms with Crippen LogP contribution in [-0.4, -0.2) is 0 Å². The van der Waals surface area contributed by atoms with E-state index in [2.05, 4.69) is 21.7 Å². The quantitative estimate of drug-likeness (QED) is 0.680. The summed E-state index contributed by atoms with van der Waals surface area (Å²) in [6, 6.07) is 9.93. The maximum absolute atomic E-state index is 6.01. The fraction of sp³-hybridized carbons (Fsp3) is 0.231. The molecule has 5 heteroatoms. The van der Waals surface area contributed by atoms with Gasteiger partial charge in [-0.15, -0.1) is 11.3 Å². The third kappa shape index (κ3) is 2.44. The van der Waals surface area contributed by atoms with Gasteiger partial charge < -0.3 is 0 Å². The van der Waals surface area contributed by atoms with Crippen molar-refractivity contribution in [1.82, 2.24) is 0 Å². The topological polar surface area (TPSA) is 24.7 Å². The molecule has 18 heavy (non-hydrogen) atoms. The minimum absolute atomic E-state index is 0.0632. The van der Waals surface area contributed by atoms with Crippen LogP contribution in [0.2, 0.25) is 10.0 Å². The van der Waals surface area contributed by atoms with Gasteiger partial charge in [0.1, 0.15) is 6.04 Å². The Morgan fingerprint density at radius 2 is 1.78 bits per heavy atom. The first-order valence-corrected chi connectivity index (χ1v) is 7.25. The molecule has 2 aromatic rings. The number of hydrogen-bond donors (Lipinski definition) is 0. The molecule has 1 aliphatic heterocycles. The van der Waals surface area contributed by atoms with Gasteiger partial charge in [0, 0.05) is 21.3 Å². The van der Waals surface area contributed by atoms with Crippen LogP contribution in [0.3, 0.4) is 0 Å². The highest BCUT2D eigenvalue weighted by Crippen LogP contribution is 2.41. The van der Waals surface area contributed by atoms with Crippen molar-refractivity contribution in [2.24, 2.45) is 10.2 Å². The van der Waals surface area contributed by atoms with Crippen molar-refractivity contribution >= 4 is 34.5 Å². The van der Waals surface area contributed by atoms with Gasteiger partial charge in [0.15, 0.2) is 0 Å². The molecular formula is C13H10Cl2N2S. The minimum Gasteiger partial charge on any atom is -0.185 e. The van der Waals surface area contributed by atoms with E-state index < -0.39 is 0 Å². The van der Waals surface area contributed by atoms with Gasteiger partial charge in [-0.1, -0.05) is 29.3 Å². The molecule has 3 rings (SSSR count). The van der Waals surface area contributed by atoms with Crippen molar-refractivity contribution in [1.29, 1.82) is 0 Å². The van der Waals surface area contributed by atoms with Crippen molar-refractivity contribution in [2.75, 3.05) is 0 Å². The summed E-state index contributed by atoms with van der Waals surface area (Å²) >= 11 is 13.7. The molecule has 2 unspecified atom stereocenters. The molecule has 0 saturated heterocycles. The normalized spacial score (nSPS) is 22.6. The molecule has 0 radical (unpaired) electrons. The van der Waals surface area contributed by atoms with Gasteiger partial charge in [-0.05, 0) is 35.2 Å². The van der Waals surface area contributed by atoms with Gasteiger partial charge in [0.25, 0.3) is 0 Å². The maximum atomic E-state index is 6.01. The molecule has 0 bridgehead atoms.